The minimum Gasteiger partial charge on any atom is -0.358 e. The van der Waals surface area contributed by atoms with Crippen LogP contribution in [0.3, 0.4) is 0 Å². The molecule has 1 aliphatic heterocycles. The van der Waals surface area contributed by atoms with Gasteiger partial charge >= 0.3 is 0 Å². The van der Waals surface area contributed by atoms with Crippen molar-refractivity contribution in [3.63, 3.8) is 0 Å². The summed E-state index contributed by atoms with van der Waals surface area (Å²) >= 11 is 7.26. The van der Waals surface area contributed by atoms with E-state index in [1.807, 2.05) is 6.07 Å². The lowest BCUT2D eigenvalue weighted by Gasteiger charge is -2.41. The molecule has 1 saturated heterocycles. The van der Waals surface area contributed by atoms with Gasteiger partial charge in [-0.15, -0.1) is 11.3 Å². The van der Waals surface area contributed by atoms with Gasteiger partial charge < -0.3 is 15.5 Å². The van der Waals surface area contributed by atoms with Gasteiger partial charge in [0, 0.05) is 42.8 Å². The normalized spacial score (nSPS) is 18.0. The number of benzene rings is 1. The van der Waals surface area contributed by atoms with Crippen molar-refractivity contribution in [1.29, 1.82) is 0 Å². The summed E-state index contributed by atoms with van der Waals surface area (Å²) in [5.41, 5.74) is 0.656. The first kappa shape index (κ1) is 20.2. The second-order valence-electron chi connectivity index (χ2n) is 6.83. The van der Waals surface area contributed by atoms with Crippen molar-refractivity contribution in [3.05, 3.63) is 52.5 Å². The number of rotatable bonds is 6. The zero-order valence-corrected chi connectivity index (χ0v) is 17.5. The van der Waals surface area contributed by atoms with Crippen molar-refractivity contribution in [3.8, 4) is 0 Å². The summed E-state index contributed by atoms with van der Waals surface area (Å²) in [4.78, 5) is 6.37. The maximum atomic E-state index is 13.4. The Kier molecular flexibility index (Phi) is 7.18. The van der Waals surface area contributed by atoms with Crippen LogP contribution < -0.4 is 10.6 Å². The van der Waals surface area contributed by atoms with Gasteiger partial charge in [0.15, 0.2) is 5.11 Å². The van der Waals surface area contributed by atoms with E-state index in [0.717, 1.165) is 32.7 Å². The number of nitrogens with zero attached hydrogens (tertiary/aromatic N) is 2. The maximum absolute atomic E-state index is 13.4. The zero-order valence-electron chi connectivity index (χ0n) is 15.8. The molecule has 27 heavy (non-hydrogen) atoms. The number of likely N-dealkylation sites (N-methyl/N-ethyl adjacent to an activating group) is 1. The molecule has 1 fully saturated rings. The van der Waals surface area contributed by atoms with Gasteiger partial charge in [0.05, 0.1) is 6.04 Å². The Hall–Kier alpha value is -1.54. The third-order valence-corrected chi connectivity index (χ3v) is 6.16. The fraction of sp³-hybridized carbons (Fsp3) is 0.450. The lowest BCUT2D eigenvalue weighted by molar-refractivity contribution is 0.0883. The summed E-state index contributed by atoms with van der Waals surface area (Å²) in [5.74, 6) is -0.277. The number of halogens is 1. The molecule has 2 heterocycles. The van der Waals surface area contributed by atoms with Crippen LogP contribution in [0.2, 0.25) is 0 Å². The lowest BCUT2D eigenvalue weighted by atomic mass is 10.1. The number of thiocarbonyl (C=S) groups is 1. The molecule has 1 aliphatic rings. The Balaban J connectivity index is 1.66. The summed E-state index contributed by atoms with van der Waals surface area (Å²) in [5, 5.41) is 9.14. The number of hydrogen-bond acceptors (Lipinski definition) is 4. The predicted molar refractivity (Wildman–Crippen MR) is 116 cm³/mol. The lowest BCUT2D eigenvalue weighted by Crippen LogP contribution is -2.52. The number of anilines is 1. The Morgan fingerprint density at radius 2 is 2.00 bits per heavy atom. The van der Waals surface area contributed by atoms with E-state index in [9.17, 15) is 4.39 Å². The number of hydrogen-bond donors (Lipinski definition) is 2. The molecule has 1 aromatic carbocycles. The van der Waals surface area contributed by atoms with Gasteiger partial charge in [-0.1, -0.05) is 19.1 Å². The third kappa shape index (κ3) is 5.48. The summed E-state index contributed by atoms with van der Waals surface area (Å²) in [6.07, 6.45) is 0. The Morgan fingerprint density at radius 3 is 2.63 bits per heavy atom. The zero-order chi connectivity index (χ0) is 19.2. The Bertz CT molecular complexity index is 729. The smallest absolute Gasteiger partial charge is 0.171 e. The van der Waals surface area contributed by atoms with E-state index in [0.29, 0.717) is 10.8 Å². The van der Waals surface area contributed by atoms with Crippen LogP contribution in [0, 0.1) is 5.82 Å². The first-order chi connectivity index (χ1) is 13.1. The highest BCUT2D eigenvalue weighted by atomic mass is 32.1. The predicted octanol–water partition coefficient (Wildman–Crippen LogP) is 3.94. The average Bonchev–Trinajstić information content (AvgIpc) is 3.16. The van der Waals surface area contributed by atoms with E-state index in [4.69, 9.17) is 12.2 Å². The van der Waals surface area contributed by atoms with Gasteiger partial charge in [0.1, 0.15) is 5.82 Å². The third-order valence-electron chi connectivity index (χ3n) is 5.00. The molecule has 7 heteroatoms. The quantitative estimate of drug-likeness (QED) is 0.710. The van der Waals surface area contributed by atoms with Crippen LogP contribution in [0.5, 0.6) is 0 Å². The van der Waals surface area contributed by atoms with E-state index < -0.39 is 0 Å². The van der Waals surface area contributed by atoms with Gasteiger partial charge in [-0.2, -0.15) is 0 Å². The summed E-state index contributed by atoms with van der Waals surface area (Å²) in [6.45, 7) is 9.77. The number of nitrogens with one attached hydrogen (secondary N) is 2. The summed E-state index contributed by atoms with van der Waals surface area (Å²) < 4.78 is 13.4. The Labute approximate surface area is 170 Å². The topological polar surface area (TPSA) is 30.5 Å². The molecule has 3 rings (SSSR count). The molecule has 2 atom stereocenters. The monoisotopic (exact) mass is 406 g/mol. The molecule has 146 valence electrons. The van der Waals surface area contributed by atoms with E-state index in [2.05, 4.69) is 51.8 Å². The van der Waals surface area contributed by atoms with Crippen molar-refractivity contribution >= 4 is 34.4 Å². The number of piperazine rings is 1. The maximum Gasteiger partial charge on any atom is 0.171 e. The van der Waals surface area contributed by atoms with Crippen LogP contribution in [-0.2, 0) is 0 Å². The highest BCUT2D eigenvalue weighted by Gasteiger charge is 2.30. The molecule has 2 aromatic rings. The second kappa shape index (κ2) is 9.59. The summed E-state index contributed by atoms with van der Waals surface area (Å²) in [7, 11) is 0. The molecule has 2 N–H and O–H groups in total. The SMILES string of the molecule is CCN1CCN(C(c2cccs2)C(C)NC(=S)Nc2cccc(F)c2)CC1. The Morgan fingerprint density at radius 1 is 1.22 bits per heavy atom. The van der Waals surface area contributed by atoms with Crippen LogP contribution in [0.4, 0.5) is 10.1 Å². The van der Waals surface area contributed by atoms with Crippen molar-refractivity contribution in [2.45, 2.75) is 25.9 Å². The molecular formula is C20H27FN4S2. The van der Waals surface area contributed by atoms with Crippen molar-refractivity contribution in [1.82, 2.24) is 15.1 Å². The van der Waals surface area contributed by atoms with Gasteiger partial charge in [-0.3, -0.25) is 4.90 Å². The molecule has 1 aromatic heterocycles. The fourth-order valence-electron chi connectivity index (χ4n) is 3.58. The largest absolute Gasteiger partial charge is 0.358 e. The van der Waals surface area contributed by atoms with Gasteiger partial charge in [-0.25, -0.2) is 4.39 Å². The molecule has 0 aliphatic carbocycles. The molecule has 0 saturated carbocycles. The summed E-state index contributed by atoms with van der Waals surface area (Å²) in [6, 6.07) is 11.0. The van der Waals surface area contributed by atoms with Gasteiger partial charge in [0.25, 0.3) is 0 Å². The molecule has 0 amide bonds. The standard InChI is InChI=1S/C20H27FN4S2/c1-3-24-9-11-25(12-10-24)19(18-8-5-13-27-18)15(2)22-20(26)23-17-7-4-6-16(21)14-17/h4-8,13-15,19H,3,9-12H2,1-2H3,(H2,22,23,26). The van der Waals surface area contributed by atoms with Gasteiger partial charge in [-0.05, 0) is 55.3 Å². The van der Waals surface area contributed by atoms with Crippen LogP contribution in [0.25, 0.3) is 0 Å². The fourth-order valence-corrected chi connectivity index (χ4v) is 4.85. The minimum absolute atomic E-state index is 0.130. The van der Waals surface area contributed by atoms with Crippen molar-refractivity contribution in [2.24, 2.45) is 0 Å². The van der Waals surface area contributed by atoms with Crippen molar-refractivity contribution < 1.29 is 4.39 Å². The molecule has 4 nitrogen and oxygen atoms in total. The molecular weight excluding hydrogens is 379 g/mol. The van der Waals surface area contributed by atoms with Crippen molar-refractivity contribution in [2.75, 3.05) is 38.0 Å². The minimum atomic E-state index is -0.277. The van der Waals surface area contributed by atoms with E-state index in [1.54, 1.807) is 17.4 Å². The number of thiophene rings is 1. The van der Waals surface area contributed by atoms with Gasteiger partial charge in [0.2, 0.25) is 0 Å². The second-order valence-corrected chi connectivity index (χ2v) is 8.22. The highest BCUT2D eigenvalue weighted by molar-refractivity contribution is 7.80. The van der Waals surface area contributed by atoms with Crippen LogP contribution in [0.15, 0.2) is 41.8 Å². The first-order valence-electron chi connectivity index (χ1n) is 9.39. The molecule has 0 spiro atoms. The van der Waals surface area contributed by atoms with E-state index >= 15 is 0 Å². The first-order valence-corrected chi connectivity index (χ1v) is 10.7. The van der Waals surface area contributed by atoms with E-state index in [-0.39, 0.29) is 17.9 Å². The molecule has 0 bridgehead atoms. The molecule has 2 unspecified atom stereocenters. The van der Waals surface area contributed by atoms with Crippen LogP contribution in [-0.4, -0.2) is 53.7 Å². The van der Waals surface area contributed by atoms with E-state index in [1.165, 1.54) is 17.0 Å². The molecule has 0 radical (unpaired) electrons. The van der Waals surface area contributed by atoms with Crippen LogP contribution >= 0.6 is 23.6 Å². The average molecular weight is 407 g/mol. The highest BCUT2D eigenvalue weighted by Crippen LogP contribution is 2.29. The van der Waals surface area contributed by atoms with Crippen LogP contribution in [0.1, 0.15) is 24.8 Å².